The van der Waals surface area contributed by atoms with Gasteiger partial charge in [0.2, 0.25) is 0 Å². The van der Waals surface area contributed by atoms with E-state index in [1.54, 1.807) is 0 Å². The maximum atomic E-state index is 9.79. The summed E-state index contributed by atoms with van der Waals surface area (Å²) in [4.78, 5) is 10.1. The molecule has 0 unspecified atom stereocenters. The third-order valence-corrected chi connectivity index (χ3v) is 0.852. The van der Waals surface area contributed by atoms with Crippen LogP contribution in [0.1, 0.15) is 6.42 Å². The van der Waals surface area contributed by atoms with E-state index in [1.807, 2.05) is 0 Å². The zero-order valence-corrected chi connectivity index (χ0v) is 5.57. The van der Waals surface area contributed by atoms with Gasteiger partial charge in [-0.2, -0.15) is 0 Å². The van der Waals surface area contributed by atoms with Gasteiger partial charge in [0.15, 0.2) is 0 Å². The highest BCUT2D eigenvalue weighted by Crippen LogP contribution is 1.75. The smallest absolute Gasteiger partial charge is 0.404 e. The molecule has 0 heterocycles. The fourth-order valence-electron chi connectivity index (χ4n) is 0.293. The SMILES string of the molecule is NC(=S)CCNC(=O)O. The van der Waals surface area contributed by atoms with Crippen LogP contribution < -0.4 is 11.1 Å². The molecule has 0 rings (SSSR count). The fraction of sp³-hybridized carbons (Fsp3) is 0.500. The lowest BCUT2D eigenvalue weighted by molar-refractivity contribution is 0.195. The van der Waals surface area contributed by atoms with Gasteiger partial charge in [0, 0.05) is 13.0 Å². The Morgan fingerprint density at radius 1 is 1.78 bits per heavy atom. The van der Waals surface area contributed by atoms with Crippen LogP contribution in [-0.4, -0.2) is 22.7 Å². The third kappa shape index (κ3) is 7.16. The normalized spacial score (nSPS) is 8.44. The second-order valence-electron chi connectivity index (χ2n) is 1.45. The standard InChI is InChI=1S/C4H8N2O2S/c5-3(9)1-2-6-4(7)8/h6H,1-2H2,(H2,5,9)(H,7,8). The lowest BCUT2D eigenvalue weighted by Gasteiger charge is -1.96. The van der Waals surface area contributed by atoms with Gasteiger partial charge in [-0.15, -0.1) is 0 Å². The Morgan fingerprint density at radius 2 is 2.33 bits per heavy atom. The van der Waals surface area contributed by atoms with E-state index in [4.69, 9.17) is 10.8 Å². The molecule has 0 aliphatic rings. The van der Waals surface area contributed by atoms with Gasteiger partial charge in [-0.1, -0.05) is 12.2 Å². The summed E-state index contributed by atoms with van der Waals surface area (Å²) in [6.45, 7) is 0.296. The zero-order chi connectivity index (χ0) is 7.28. The van der Waals surface area contributed by atoms with Gasteiger partial charge in [-0.3, -0.25) is 0 Å². The summed E-state index contributed by atoms with van der Waals surface area (Å²) in [5, 5.41) is 10.2. The number of carbonyl (C=O) groups is 1. The molecule has 1 amide bonds. The van der Waals surface area contributed by atoms with Crippen molar-refractivity contribution in [1.29, 1.82) is 0 Å². The van der Waals surface area contributed by atoms with Crippen molar-refractivity contribution in [2.45, 2.75) is 6.42 Å². The summed E-state index contributed by atoms with van der Waals surface area (Å²) >= 11 is 4.49. The molecule has 0 aromatic heterocycles. The summed E-state index contributed by atoms with van der Waals surface area (Å²) in [6.07, 6.45) is -0.631. The maximum Gasteiger partial charge on any atom is 0.404 e. The van der Waals surface area contributed by atoms with Crippen molar-refractivity contribution < 1.29 is 9.90 Å². The Labute approximate surface area is 58.0 Å². The predicted molar refractivity (Wildman–Crippen MR) is 37.4 cm³/mol. The molecule has 0 atom stereocenters. The summed E-state index contributed by atoms with van der Waals surface area (Å²) in [5.74, 6) is 0. The van der Waals surface area contributed by atoms with Gasteiger partial charge in [-0.05, 0) is 0 Å². The Hall–Kier alpha value is -0.840. The number of carboxylic acid groups (broad SMARTS) is 1. The molecule has 0 aliphatic carbocycles. The van der Waals surface area contributed by atoms with Crippen LogP contribution in [0, 0.1) is 0 Å². The summed E-state index contributed by atoms with van der Waals surface area (Å²) in [6, 6.07) is 0. The first kappa shape index (κ1) is 8.16. The molecule has 4 nitrogen and oxygen atoms in total. The average Bonchev–Trinajstić information content (AvgIpc) is 1.63. The van der Waals surface area contributed by atoms with Crippen LogP contribution in [0.25, 0.3) is 0 Å². The van der Waals surface area contributed by atoms with Crippen molar-refractivity contribution in [3.8, 4) is 0 Å². The number of rotatable bonds is 3. The number of nitrogens with two attached hydrogens (primary N) is 1. The Balaban J connectivity index is 3.10. The molecular weight excluding hydrogens is 140 g/mol. The fourth-order valence-corrected chi connectivity index (χ4v) is 0.395. The van der Waals surface area contributed by atoms with Crippen LogP contribution in [-0.2, 0) is 0 Å². The van der Waals surface area contributed by atoms with E-state index in [0.717, 1.165) is 0 Å². The summed E-state index contributed by atoms with van der Waals surface area (Å²) in [7, 11) is 0. The van der Waals surface area contributed by atoms with Crippen LogP contribution in [0.5, 0.6) is 0 Å². The van der Waals surface area contributed by atoms with Crippen LogP contribution in [0.2, 0.25) is 0 Å². The second kappa shape index (κ2) is 4.08. The molecule has 4 N–H and O–H groups in total. The number of thiocarbonyl (C=S) groups is 1. The van der Waals surface area contributed by atoms with Crippen molar-refractivity contribution in [3.05, 3.63) is 0 Å². The van der Waals surface area contributed by atoms with Crippen molar-refractivity contribution >= 4 is 23.3 Å². The van der Waals surface area contributed by atoms with Crippen molar-refractivity contribution in [1.82, 2.24) is 5.32 Å². The van der Waals surface area contributed by atoms with Crippen LogP contribution >= 0.6 is 12.2 Å². The molecule has 0 aliphatic heterocycles. The number of nitrogens with one attached hydrogen (secondary N) is 1. The van der Waals surface area contributed by atoms with E-state index in [0.29, 0.717) is 18.0 Å². The van der Waals surface area contributed by atoms with Gasteiger partial charge in [0.05, 0.1) is 4.99 Å². The van der Waals surface area contributed by atoms with Gasteiger partial charge in [-0.25, -0.2) is 4.79 Å². The van der Waals surface area contributed by atoms with E-state index in [9.17, 15) is 4.79 Å². The van der Waals surface area contributed by atoms with Crippen LogP contribution in [0.15, 0.2) is 0 Å². The molecule has 0 bridgehead atoms. The first-order valence-electron chi connectivity index (χ1n) is 2.38. The van der Waals surface area contributed by atoms with E-state index < -0.39 is 6.09 Å². The number of hydrogen-bond acceptors (Lipinski definition) is 2. The van der Waals surface area contributed by atoms with Gasteiger partial charge >= 0.3 is 6.09 Å². The summed E-state index contributed by atoms with van der Waals surface area (Å²) < 4.78 is 0. The quantitative estimate of drug-likeness (QED) is 0.490. The lowest BCUT2D eigenvalue weighted by atomic mass is 10.4. The summed E-state index contributed by atoms with van der Waals surface area (Å²) in [5.41, 5.74) is 5.08. The van der Waals surface area contributed by atoms with E-state index >= 15 is 0 Å². The minimum atomic E-state index is -1.05. The molecule has 0 aromatic carbocycles. The average molecular weight is 148 g/mol. The molecule has 0 spiro atoms. The predicted octanol–water partition coefficient (Wildman–Crippen LogP) is -0.0698. The Bertz CT molecular complexity index is 112. The molecule has 0 saturated heterocycles. The van der Waals surface area contributed by atoms with Gasteiger partial charge < -0.3 is 16.2 Å². The molecule has 52 valence electrons. The van der Waals surface area contributed by atoms with Gasteiger partial charge in [0.25, 0.3) is 0 Å². The molecular formula is C4H8N2O2S. The highest BCUT2D eigenvalue weighted by molar-refractivity contribution is 7.80. The number of amides is 1. The van der Waals surface area contributed by atoms with Crippen molar-refractivity contribution in [2.24, 2.45) is 5.73 Å². The van der Waals surface area contributed by atoms with Crippen LogP contribution in [0.3, 0.4) is 0 Å². The zero-order valence-electron chi connectivity index (χ0n) is 4.76. The van der Waals surface area contributed by atoms with Crippen molar-refractivity contribution in [2.75, 3.05) is 6.54 Å². The van der Waals surface area contributed by atoms with E-state index in [-0.39, 0.29) is 0 Å². The Morgan fingerprint density at radius 3 is 2.67 bits per heavy atom. The molecule has 5 heteroatoms. The van der Waals surface area contributed by atoms with Crippen LogP contribution in [0.4, 0.5) is 4.79 Å². The minimum absolute atomic E-state index is 0.296. The highest BCUT2D eigenvalue weighted by atomic mass is 32.1. The van der Waals surface area contributed by atoms with Gasteiger partial charge in [0.1, 0.15) is 0 Å². The molecule has 9 heavy (non-hydrogen) atoms. The van der Waals surface area contributed by atoms with E-state index in [1.165, 1.54) is 0 Å². The topological polar surface area (TPSA) is 75.3 Å². The second-order valence-corrected chi connectivity index (χ2v) is 1.97. The molecule has 0 fully saturated rings. The monoisotopic (exact) mass is 148 g/mol. The third-order valence-electron chi connectivity index (χ3n) is 0.648. The molecule has 0 saturated carbocycles. The molecule has 0 radical (unpaired) electrons. The first-order chi connectivity index (χ1) is 4.13. The highest BCUT2D eigenvalue weighted by Gasteiger charge is 1.92. The maximum absolute atomic E-state index is 9.79. The van der Waals surface area contributed by atoms with E-state index in [2.05, 4.69) is 17.5 Å². The molecule has 0 aromatic rings. The first-order valence-corrected chi connectivity index (χ1v) is 2.79. The minimum Gasteiger partial charge on any atom is -0.465 e. The van der Waals surface area contributed by atoms with Crippen molar-refractivity contribution in [3.63, 3.8) is 0 Å². The largest absolute Gasteiger partial charge is 0.465 e. The Kier molecular flexibility index (Phi) is 3.70. The lowest BCUT2D eigenvalue weighted by Crippen LogP contribution is -2.25. The number of hydrogen-bond donors (Lipinski definition) is 3.